The Bertz CT molecular complexity index is 828. The van der Waals surface area contributed by atoms with Gasteiger partial charge in [0.15, 0.2) is 0 Å². The fourth-order valence-electron chi connectivity index (χ4n) is 2.79. The van der Waals surface area contributed by atoms with Crippen LogP contribution in [0.25, 0.3) is 0 Å². The number of carbonyl (C=O) groups excluding carboxylic acids is 2. The van der Waals surface area contributed by atoms with E-state index in [-0.39, 0.29) is 5.91 Å². The molecule has 0 saturated carbocycles. The molecule has 0 bridgehead atoms. The number of benzene rings is 1. The molecule has 3 amide bonds. The Morgan fingerprint density at radius 3 is 2.71 bits per heavy atom. The van der Waals surface area contributed by atoms with Gasteiger partial charge in [-0.25, -0.2) is 4.79 Å². The summed E-state index contributed by atoms with van der Waals surface area (Å²) in [6.45, 7) is 1.96. The maximum atomic E-state index is 12.8. The Hall–Kier alpha value is -3.20. The van der Waals surface area contributed by atoms with E-state index in [0.717, 1.165) is 5.56 Å². The summed E-state index contributed by atoms with van der Waals surface area (Å²) >= 11 is 0. The molecule has 6 nitrogen and oxygen atoms in total. The lowest BCUT2D eigenvalue weighted by Crippen LogP contribution is -2.41. The lowest BCUT2D eigenvalue weighted by molar-refractivity contribution is -0.131. The lowest BCUT2D eigenvalue weighted by Gasteiger charge is -2.22. The molecule has 1 aliphatic rings. The first kappa shape index (κ1) is 15.7. The van der Waals surface area contributed by atoms with Gasteiger partial charge in [0.25, 0.3) is 5.91 Å². The fourth-order valence-corrected chi connectivity index (χ4v) is 2.79. The van der Waals surface area contributed by atoms with Gasteiger partial charge in [-0.05, 0) is 48.7 Å². The van der Waals surface area contributed by atoms with Crippen molar-refractivity contribution >= 4 is 11.9 Å². The van der Waals surface area contributed by atoms with Gasteiger partial charge in [0.2, 0.25) is 0 Å². The van der Waals surface area contributed by atoms with Gasteiger partial charge in [-0.3, -0.25) is 14.7 Å². The molecular weight excluding hydrogens is 304 g/mol. The molecule has 2 aromatic rings. The van der Waals surface area contributed by atoms with Gasteiger partial charge >= 0.3 is 6.03 Å². The van der Waals surface area contributed by atoms with E-state index >= 15 is 0 Å². The van der Waals surface area contributed by atoms with Gasteiger partial charge in [-0.15, -0.1) is 0 Å². The van der Waals surface area contributed by atoms with Crippen LogP contribution in [-0.4, -0.2) is 28.4 Å². The zero-order chi connectivity index (χ0) is 17.2. The van der Waals surface area contributed by atoms with E-state index in [9.17, 15) is 9.59 Å². The molecule has 1 atom stereocenters. The quantitative estimate of drug-likeness (QED) is 0.873. The molecule has 1 N–H and O–H groups in total. The first-order valence-electron chi connectivity index (χ1n) is 7.58. The fraction of sp³-hybridized carbons (Fsp3) is 0.222. The van der Waals surface area contributed by atoms with Crippen LogP contribution in [0.4, 0.5) is 4.79 Å². The van der Waals surface area contributed by atoms with Crippen LogP contribution in [0.3, 0.4) is 0 Å². The topological polar surface area (TPSA) is 86.1 Å². The highest BCUT2D eigenvalue weighted by Gasteiger charge is 2.48. The lowest BCUT2D eigenvalue weighted by atomic mass is 9.91. The largest absolute Gasteiger partial charge is 0.325 e. The molecule has 1 saturated heterocycles. The van der Waals surface area contributed by atoms with E-state index in [1.807, 2.05) is 18.2 Å². The van der Waals surface area contributed by atoms with Crippen molar-refractivity contribution in [1.29, 1.82) is 5.26 Å². The van der Waals surface area contributed by atoms with E-state index < -0.39 is 11.6 Å². The Morgan fingerprint density at radius 1 is 1.25 bits per heavy atom. The summed E-state index contributed by atoms with van der Waals surface area (Å²) < 4.78 is 0. The number of amides is 3. The van der Waals surface area contributed by atoms with Crippen molar-refractivity contribution in [2.24, 2.45) is 0 Å². The second-order valence-electron chi connectivity index (χ2n) is 5.81. The first-order chi connectivity index (χ1) is 11.5. The number of carbonyl (C=O) groups is 2. The second kappa shape index (κ2) is 6.13. The highest BCUT2D eigenvalue weighted by molar-refractivity contribution is 6.07. The SMILES string of the molecule is C[C@@]1(c2cccc(C#N)c2)NC(=O)N(CCc2ccncc2)C1=O. The minimum atomic E-state index is -1.15. The molecule has 6 heteroatoms. The number of rotatable bonds is 4. The zero-order valence-corrected chi connectivity index (χ0v) is 13.2. The second-order valence-corrected chi connectivity index (χ2v) is 5.81. The molecule has 24 heavy (non-hydrogen) atoms. The van der Waals surface area contributed by atoms with Gasteiger partial charge in [-0.2, -0.15) is 5.26 Å². The molecule has 2 heterocycles. The van der Waals surface area contributed by atoms with Crippen LogP contribution in [0.5, 0.6) is 0 Å². The van der Waals surface area contributed by atoms with Gasteiger partial charge in [0, 0.05) is 18.9 Å². The minimum Gasteiger partial charge on any atom is -0.319 e. The number of aromatic nitrogens is 1. The van der Waals surface area contributed by atoms with Crippen molar-refractivity contribution in [3.63, 3.8) is 0 Å². The van der Waals surface area contributed by atoms with Crippen LogP contribution >= 0.6 is 0 Å². The van der Waals surface area contributed by atoms with Crippen LogP contribution in [0, 0.1) is 11.3 Å². The number of hydrogen-bond acceptors (Lipinski definition) is 4. The average molecular weight is 320 g/mol. The van der Waals surface area contributed by atoms with E-state index in [0.29, 0.717) is 24.1 Å². The highest BCUT2D eigenvalue weighted by atomic mass is 16.2. The zero-order valence-electron chi connectivity index (χ0n) is 13.2. The van der Waals surface area contributed by atoms with Crippen molar-refractivity contribution in [2.45, 2.75) is 18.9 Å². The molecule has 1 aromatic carbocycles. The Balaban J connectivity index is 1.81. The summed E-state index contributed by atoms with van der Waals surface area (Å²) in [6, 6.07) is 12.1. The highest BCUT2D eigenvalue weighted by Crippen LogP contribution is 2.29. The molecule has 1 fully saturated rings. The predicted octanol–water partition coefficient (Wildman–Crippen LogP) is 1.96. The van der Waals surface area contributed by atoms with Crippen molar-refractivity contribution in [2.75, 3.05) is 6.54 Å². The third-order valence-corrected chi connectivity index (χ3v) is 4.22. The molecule has 0 spiro atoms. The number of nitriles is 1. The summed E-state index contributed by atoms with van der Waals surface area (Å²) in [7, 11) is 0. The van der Waals surface area contributed by atoms with E-state index in [1.165, 1.54) is 4.90 Å². The number of hydrogen-bond donors (Lipinski definition) is 1. The van der Waals surface area contributed by atoms with E-state index in [2.05, 4.69) is 10.3 Å². The molecule has 1 aliphatic heterocycles. The minimum absolute atomic E-state index is 0.294. The molecule has 120 valence electrons. The van der Waals surface area contributed by atoms with E-state index in [1.54, 1.807) is 43.6 Å². The maximum absolute atomic E-state index is 12.8. The third kappa shape index (κ3) is 2.72. The van der Waals surface area contributed by atoms with Crippen LogP contribution < -0.4 is 5.32 Å². The predicted molar refractivity (Wildman–Crippen MR) is 86.7 cm³/mol. The summed E-state index contributed by atoms with van der Waals surface area (Å²) in [5.74, 6) is -0.309. The van der Waals surface area contributed by atoms with Crippen LogP contribution in [0.15, 0.2) is 48.8 Å². The van der Waals surface area contributed by atoms with Crippen molar-refractivity contribution in [3.8, 4) is 6.07 Å². The molecular formula is C18H16N4O2. The first-order valence-corrected chi connectivity index (χ1v) is 7.58. The van der Waals surface area contributed by atoms with Gasteiger partial charge in [0.1, 0.15) is 5.54 Å². The number of imide groups is 1. The third-order valence-electron chi connectivity index (χ3n) is 4.22. The van der Waals surface area contributed by atoms with Crippen LogP contribution in [-0.2, 0) is 16.8 Å². The molecule has 0 unspecified atom stereocenters. The molecule has 0 aliphatic carbocycles. The normalized spacial score (nSPS) is 19.9. The molecule has 3 rings (SSSR count). The number of urea groups is 1. The monoisotopic (exact) mass is 320 g/mol. The number of pyridine rings is 1. The molecule has 0 radical (unpaired) electrons. The Morgan fingerprint density at radius 2 is 2.00 bits per heavy atom. The summed E-state index contributed by atoms with van der Waals surface area (Å²) in [4.78, 5) is 30.2. The smallest absolute Gasteiger partial charge is 0.319 e. The number of nitrogens with one attached hydrogen (secondary N) is 1. The van der Waals surface area contributed by atoms with Gasteiger partial charge in [-0.1, -0.05) is 12.1 Å². The van der Waals surface area contributed by atoms with Gasteiger partial charge in [0.05, 0.1) is 11.6 Å². The maximum Gasteiger partial charge on any atom is 0.325 e. The van der Waals surface area contributed by atoms with Crippen molar-refractivity contribution < 1.29 is 9.59 Å². The summed E-state index contributed by atoms with van der Waals surface area (Å²) in [5.41, 5.74) is 0.908. The molecule has 1 aromatic heterocycles. The van der Waals surface area contributed by atoms with Crippen molar-refractivity contribution in [1.82, 2.24) is 15.2 Å². The Kier molecular flexibility index (Phi) is 4.00. The van der Waals surface area contributed by atoms with Crippen LogP contribution in [0.2, 0.25) is 0 Å². The summed E-state index contributed by atoms with van der Waals surface area (Å²) in [5, 5.41) is 11.8. The summed E-state index contributed by atoms with van der Waals surface area (Å²) in [6.07, 6.45) is 3.92. The van der Waals surface area contributed by atoms with Crippen LogP contribution in [0.1, 0.15) is 23.6 Å². The Labute approximate surface area is 139 Å². The van der Waals surface area contributed by atoms with Gasteiger partial charge < -0.3 is 5.32 Å². The van der Waals surface area contributed by atoms with Crippen molar-refractivity contribution in [3.05, 3.63) is 65.5 Å². The van der Waals surface area contributed by atoms with E-state index in [4.69, 9.17) is 5.26 Å². The average Bonchev–Trinajstić information content (AvgIpc) is 2.84. The number of nitrogens with zero attached hydrogens (tertiary/aromatic N) is 3. The standard InChI is InChI=1S/C18H16N4O2/c1-18(15-4-2-3-14(11-15)12-19)16(23)22(17(24)21-18)10-7-13-5-8-20-9-6-13/h2-6,8-9,11H,7,10H2,1H3,(H,21,24)/t18-/m0/s1.